The molecule has 96 valence electrons. The Morgan fingerprint density at radius 3 is 3.05 bits per heavy atom. The third kappa shape index (κ3) is 3.91. The van der Waals surface area contributed by atoms with Crippen molar-refractivity contribution in [2.45, 2.75) is 6.54 Å². The molecular weight excluding hydrogens is 260 g/mol. The van der Waals surface area contributed by atoms with Crippen molar-refractivity contribution < 1.29 is 9.90 Å². The van der Waals surface area contributed by atoms with Gasteiger partial charge in [0.15, 0.2) is 0 Å². The van der Waals surface area contributed by atoms with Crippen molar-refractivity contribution in [3.8, 4) is 11.8 Å². The molecule has 4 nitrogen and oxygen atoms in total. The van der Waals surface area contributed by atoms with Gasteiger partial charge >= 0.3 is 0 Å². The summed E-state index contributed by atoms with van der Waals surface area (Å²) in [7, 11) is 0. The molecule has 0 aliphatic rings. The minimum atomic E-state index is -0.180. The first-order valence-electron chi connectivity index (χ1n) is 5.66. The zero-order valence-electron chi connectivity index (χ0n) is 10.1. The number of hydrogen-bond acceptors (Lipinski definition) is 4. The molecule has 19 heavy (non-hydrogen) atoms. The highest BCUT2D eigenvalue weighted by molar-refractivity contribution is 7.14. The van der Waals surface area contributed by atoms with Crippen LogP contribution in [0.15, 0.2) is 36.7 Å². The van der Waals surface area contributed by atoms with Gasteiger partial charge in [0.05, 0.1) is 9.75 Å². The van der Waals surface area contributed by atoms with Crippen LogP contribution in [0.4, 0.5) is 0 Å². The summed E-state index contributed by atoms with van der Waals surface area (Å²) in [5.41, 5.74) is 0.952. The second kappa shape index (κ2) is 6.69. The summed E-state index contributed by atoms with van der Waals surface area (Å²) in [6.45, 7) is 0.267. The maximum absolute atomic E-state index is 11.9. The summed E-state index contributed by atoms with van der Waals surface area (Å²) in [4.78, 5) is 17.2. The lowest BCUT2D eigenvalue weighted by molar-refractivity contribution is 0.0955. The number of rotatable bonds is 3. The fraction of sp³-hybridized carbons (Fsp3) is 0.143. The molecule has 0 spiro atoms. The minimum Gasteiger partial charge on any atom is -0.384 e. The molecule has 2 aromatic rings. The Kier molecular flexibility index (Phi) is 4.67. The molecule has 2 rings (SSSR count). The van der Waals surface area contributed by atoms with E-state index in [0.717, 1.165) is 10.4 Å². The number of nitrogens with zero attached hydrogens (tertiary/aromatic N) is 1. The first-order valence-corrected chi connectivity index (χ1v) is 6.48. The number of pyridine rings is 1. The molecule has 0 aliphatic heterocycles. The van der Waals surface area contributed by atoms with Gasteiger partial charge in [-0.2, -0.15) is 0 Å². The highest BCUT2D eigenvalue weighted by Crippen LogP contribution is 2.15. The molecule has 0 unspecified atom stereocenters. The second-order valence-electron chi connectivity index (χ2n) is 3.67. The first kappa shape index (κ1) is 13.3. The van der Waals surface area contributed by atoms with Crippen LogP contribution in [0.25, 0.3) is 0 Å². The summed E-state index contributed by atoms with van der Waals surface area (Å²) < 4.78 is 0. The Labute approximate surface area is 115 Å². The van der Waals surface area contributed by atoms with E-state index >= 15 is 0 Å². The highest BCUT2D eigenvalue weighted by Gasteiger charge is 2.07. The number of aliphatic hydroxyl groups excluding tert-OH is 1. The van der Waals surface area contributed by atoms with Gasteiger partial charge < -0.3 is 10.4 Å². The molecule has 0 fully saturated rings. The van der Waals surface area contributed by atoms with E-state index in [-0.39, 0.29) is 12.5 Å². The summed E-state index contributed by atoms with van der Waals surface area (Å²) in [5, 5.41) is 11.4. The molecule has 1 amide bonds. The van der Waals surface area contributed by atoms with Crippen molar-refractivity contribution in [2.24, 2.45) is 0 Å². The Morgan fingerprint density at radius 2 is 2.32 bits per heavy atom. The Morgan fingerprint density at radius 1 is 1.42 bits per heavy atom. The van der Waals surface area contributed by atoms with Crippen LogP contribution < -0.4 is 5.32 Å². The van der Waals surface area contributed by atoms with Crippen LogP contribution in [0.5, 0.6) is 0 Å². The van der Waals surface area contributed by atoms with E-state index in [1.807, 2.05) is 12.1 Å². The van der Waals surface area contributed by atoms with Gasteiger partial charge in [-0.25, -0.2) is 0 Å². The van der Waals surface area contributed by atoms with Crippen LogP contribution in [-0.4, -0.2) is 22.6 Å². The third-order valence-corrected chi connectivity index (χ3v) is 3.30. The lowest BCUT2D eigenvalue weighted by Gasteiger charge is -2.02. The summed E-state index contributed by atoms with van der Waals surface area (Å²) in [6, 6.07) is 7.23. The van der Waals surface area contributed by atoms with Crippen LogP contribution in [0.3, 0.4) is 0 Å². The molecule has 2 aromatic heterocycles. The number of carbonyl (C=O) groups is 1. The van der Waals surface area contributed by atoms with Crippen LogP contribution in [0.2, 0.25) is 0 Å². The van der Waals surface area contributed by atoms with Gasteiger partial charge in [0, 0.05) is 18.9 Å². The van der Waals surface area contributed by atoms with Gasteiger partial charge in [0.2, 0.25) is 0 Å². The Hall–Kier alpha value is -2.16. The molecule has 0 atom stereocenters. The van der Waals surface area contributed by atoms with E-state index in [9.17, 15) is 4.79 Å². The lowest BCUT2D eigenvalue weighted by Crippen LogP contribution is -2.21. The molecule has 0 saturated heterocycles. The molecule has 0 saturated carbocycles. The minimum absolute atomic E-state index is 0.133. The molecular formula is C14H12N2O2S. The molecule has 0 bridgehead atoms. The second-order valence-corrected chi connectivity index (χ2v) is 4.75. The molecule has 5 heteroatoms. The van der Waals surface area contributed by atoms with Crippen molar-refractivity contribution in [3.05, 3.63) is 52.0 Å². The van der Waals surface area contributed by atoms with E-state index in [0.29, 0.717) is 11.4 Å². The number of thiophene rings is 1. The van der Waals surface area contributed by atoms with Crippen molar-refractivity contribution in [1.29, 1.82) is 0 Å². The summed E-state index contributed by atoms with van der Waals surface area (Å²) in [5.74, 6) is 5.19. The summed E-state index contributed by atoms with van der Waals surface area (Å²) >= 11 is 1.30. The average Bonchev–Trinajstić information content (AvgIpc) is 2.92. The smallest absolute Gasteiger partial charge is 0.261 e. The van der Waals surface area contributed by atoms with Crippen LogP contribution >= 0.6 is 11.3 Å². The maximum Gasteiger partial charge on any atom is 0.261 e. The van der Waals surface area contributed by atoms with E-state index in [4.69, 9.17) is 5.11 Å². The van der Waals surface area contributed by atoms with Gasteiger partial charge in [-0.05, 0) is 23.8 Å². The first-order chi connectivity index (χ1) is 9.29. The van der Waals surface area contributed by atoms with Gasteiger partial charge in [-0.3, -0.25) is 9.78 Å². The standard InChI is InChI=1S/C14H12N2O2S/c17-8-2-4-12-5-6-13(19-12)14(18)16-10-11-3-1-7-15-9-11/h1,3,5-7,9,17H,8,10H2,(H,16,18). The lowest BCUT2D eigenvalue weighted by atomic mass is 10.3. The van der Waals surface area contributed by atoms with Crippen LogP contribution in [0.1, 0.15) is 20.1 Å². The fourth-order valence-corrected chi connectivity index (χ4v) is 2.22. The number of aliphatic hydroxyl groups is 1. The van der Waals surface area contributed by atoms with Crippen LogP contribution in [-0.2, 0) is 6.54 Å². The monoisotopic (exact) mass is 272 g/mol. The highest BCUT2D eigenvalue weighted by atomic mass is 32.1. The fourth-order valence-electron chi connectivity index (χ4n) is 1.43. The molecule has 0 radical (unpaired) electrons. The molecule has 0 aromatic carbocycles. The van der Waals surface area contributed by atoms with E-state index in [1.165, 1.54) is 11.3 Å². The zero-order chi connectivity index (χ0) is 13.5. The quantitative estimate of drug-likeness (QED) is 0.831. The molecule has 0 aliphatic carbocycles. The number of aromatic nitrogens is 1. The van der Waals surface area contributed by atoms with Gasteiger partial charge in [-0.15, -0.1) is 11.3 Å². The Balaban J connectivity index is 1.95. The molecule has 2 heterocycles. The topological polar surface area (TPSA) is 62.2 Å². The normalized spacial score (nSPS) is 9.53. The summed E-state index contributed by atoms with van der Waals surface area (Å²) in [6.07, 6.45) is 3.41. The maximum atomic E-state index is 11.9. The van der Waals surface area contributed by atoms with Crippen molar-refractivity contribution in [1.82, 2.24) is 10.3 Å². The average molecular weight is 272 g/mol. The molecule has 2 N–H and O–H groups in total. The predicted molar refractivity (Wildman–Crippen MR) is 73.7 cm³/mol. The van der Waals surface area contributed by atoms with E-state index in [2.05, 4.69) is 22.1 Å². The van der Waals surface area contributed by atoms with E-state index < -0.39 is 0 Å². The number of nitrogens with one attached hydrogen (secondary N) is 1. The van der Waals surface area contributed by atoms with Gasteiger partial charge in [-0.1, -0.05) is 17.9 Å². The van der Waals surface area contributed by atoms with E-state index in [1.54, 1.807) is 24.5 Å². The van der Waals surface area contributed by atoms with Crippen molar-refractivity contribution in [2.75, 3.05) is 6.61 Å². The Bertz CT molecular complexity index is 611. The number of carbonyl (C=O) groups excluding carboxylic acids is 1. The van der Waals surface area contributed by atoms with Gasteiger partial charge in [0.1, 0.15) is 6.61 Å². The van der Waals surface area contributed by atoms with Crippen molar-refractivity contribution in [3.63, 3.8) is 0 Å². The van der Waals surface area contributed by atoms with Gasteiger partial charge in [0.25, 0.3) is 5.91 Å². The zero-order valence-corrected chi connectivity index (χ0v) is 10.9. The number of hydrogen-bond donors (Lipinski definition) is 2. The van der Waals surface area contributed by atoms with Crippen LogP contribution in [0, 0.1) is 11.8 Å². The number of amides is 1. The third-order valence-electron chi connectivity index (χ3n) is 2.30. The largest absolute Gasteiger partial charge is 0.384 e. The van der Waals surface area contributed by atoms with Crippen molar-refractivity contribution >= 4 is 17.2 Å². The predicted octanol–water partition coefficient (Wildman–Crippen LogP) is 1.42. The SMILES string of the molecule is O=C(NCc1cccnc1)c1ccc(C#CCO)s1.